The molecule has 0 radical (unpaired) electrons. The van der Waals surface area contributed by atoms with Crippen molar-refractivity contribution in [2.24, 2.45) is 5.92 Å². The van der Waals surface area contributed by atoms with Gasteiger partial charge in [0.2, 0.25) is 0 Å². The maximum Gasteiger partial charge on any atom is 0.277 e. The van der Waals surface area contributed by atoms with Crippen LogP contribution in [0.5, 0.6) is 0 Å². The number of rotatable bonds is 6. The van der Waals surface area contributed by atoms with Crippen LogP contribution in [0.25, 0.3) is 0 Å². The predicted octanol–water partition coefficient (Wildman–Crippen LogP) is 3.79. The van der Waals surface area contributed by atoms with Gasteiger partial charge >= 0.3 is 0 Å². The fraction of sp³-hybridized carbons (Fsp3) is 0.333. The lowest BCUT2D eigenvalue weighted by Crippen LogP contribution is -2.26. The third-order valence-electron chi connectivity index (χ3n) is 4.13. The molecule has 0 saturated heterocycles. The average molecular weight is 347 g/mol. The number of anilines is 2. The molecule has 0 atom stereocenters. The Morgan fingerprint density at radius 2 is 2.08 bits per heavy atom. The van der Waals surface area contributed by atoms with Gasteiger partial charge in [0.25, 0.3) is 5.91 Å². The van der Waals surface area contributed by atoms with Gasteiger partial charge in [0.05, 0.1) is 29.7 Å². The molecule has 1 aliphatic rings. The van der Waals surface area contributed by atoms with Gasteiger partial charge in [-0.15, -0.1) is 0 Å². The molecule has 1 amide bonds. The van der Waals surface area contributed by atoms with Gasteiger partial charge in [-0.3, -0.25) is 14.6 Å². The van der Waals surface area contributed by atoms with Crippen LogP contribution >= 0.6 is 0 Å². The minimum Gasteiger partial charge on any atom is -0.351 e. The number of hydroxylamine groups is 1. The zero-order chi connectivity index (χ0) is 18.0. The van der Waals surface area contributed by atoms with Crippen LogP contribution in [0.1, 0.15) is 34.5 Å². The second-order valence-electron chi connectivity index (χ2n) is 6.22. The Hall–Kier alpha value is -2.54. The fourth-order valence-electron chi connectivity index (χ4n) is 2.28. The molecule has 1 saturated carbocycles. The lowest BCUT2D eigenvalue weighted by atomic mass is 10.1. The van der Waals surface area contributed by atoms with E-state index in [2.05, 4.69) is 15.8 Å². The molecule has 1 aromatic carbocycles. The molecule has 1 heterocycles. The molecule has 0 bridgehead atoms. The number of hydrogen-bond donors (Lipinski definition) is 2. The Balaban J connectivity index is 1.83. The number of amides is 1. The van der Waals surface area contributed by atoms with E-state index in [0.717, 1.165) is 30.2 Å². The van der Waals surface area contributed by atoms with Crippen LogP contribution in [-0.4, -0.2) is 17.5 Å². The monoisotopic (exact) mass is 347 g/mol. The van der Waals surface area contributed by atoms with E-state index in [1.165, 1.54) is 12.3 Å². The molecule has 0 unspecified atom stereocenters. The van der Waals surface area contributed by atoms with Gasteiger partial charge in [-0.1, -0.05) is 0 Å². The second kappa shape index (κ2) is 7.14. The van der Waals surface area contributed by atoms with Gasteiger partial charge in [-0.05, 0) is 56.4 Å². The number of hydrogen-bond acceptors (Lipinski definition) is 4. The van der Waals surface area contributed by atoms with Crippen LogP contribution in [0.4, 0.5) is 20.2 Å². The number of pyridine rings is 1. The zero-order valence-electron chi connectivity index (χ0n) is 14.0. The van der Waals surface area contributed by atoms with Crippen molar-refractivity contribution in [2.45, 2.75) is 26.7 Å². The number of aryl methyl sites for hydroxylation is 2. The topological polar surface area (TPSA) is 63.2 Å². The first-order chi connectivity index (χ1) is 12.0. The van der Waals surface area contributed by atoms with Gasteiger partial charge in [0, 0.05) is 5.69 Å². The van der Waals surface area contributed by atoms with Crippen LogP contribution in [-0.2, 0) is 4.84 Å². The summed E-state index contributed by atoms with van der Waals surface area (Å²) >= 11 is 0. The van der Waals surface area contributed by atoms with Crippen molar-refractivity contribution in [2.75, 3.05) is 11.9 Å². The third kappa shape index (κ3) is 4.11. The van der Waals surface area contributed by atoms with Gasteiger partial charge in [-0.2, -0.15) is 0 Å². The number of halogens is 2. The molecule has 0 aliphatic heterocycles. The van der Waals surface area contributed by atoms with Crippen LogP contribution < -0.4 is 10.8 Å². The minimum atomic E-state index is -1.13. The highest BCUT2D eigenvalue weighted by Crippen LogP contribution is 2.29. The molecule has 3 rings (SSSR count). The maximum absolute atomic E-state index is 14.3. The fourth-order valence-corrected chi connectivity index (χ4v) is 2.28. The molecule has 2 aromatic rings. The van der Waals surface area contributed by atoms with Crippen molar-refractivity contribution in [3.63, 3.8) is 0 Å². The largest absolute Gasteiger partial charge is 0.351 e. The van der Waals surface area contributed by atoms with Gasteiger partial charge < -0.3 is 5.32 Å². The number of carbonyl (C=O) groups is 1. The van der Waals surface area contributed by atoms with Crippen molar-refractivity contribution >= 4 is 17.3 Å². The van der Waals surface area contributed by atoms with Gasteiger partial charge in [0.1, 0.15) is 0 Å². The molecule has 5 nitrogen and oxygen atoms in total. The highest BCUT2D eigenvalue weighted by atomic mass is 19.2. The molecule has 2 N–H and O–H groups in total. The number of benzene rings is 1. The highest BCUT2D eigenvalue weighted by molar-refractivity contribution is 5.99. The SMILES string of the molecule is Cc1cc(Nc2c(C(=O)NOCC3CC3)ccc(F)c2F)cnc1C. The summed E-state index contributed by atoms with van der Waals surface area (Å²) in [5.41, 5.74) is 4.16. The zero-order valence-corrected chi connectivity index (χ0v) is 14.0. The number of carbonyl (C=O) groups excluding carboxylic acids is 1. The summed E-state index contributed by atoms with van der Waals surface area (Å²) in [5.74, 6) is -2.36. The smallest absolute Gasteiger partial charge is 0.277 e. The maximum atomic E-state index is 14.3. The molecular formula is C18H19F2N3O2. The molecule has 132 valence electrons. The summed E-state index contributed by atoms with van der Waals surface area (Å²) in [7, 11) is 0. The molecule has 1 aromatic heterocycles. The number of aromatic nitrogens is 1. The first-order valence-electron chi connectivity index (χ1n) is 8.06. The second-order valence-corrected chi connectivity index (χ2v) is 6.22. The summed E-state index contributed by atoms with van der Waals surface area (Å²) in [4.78, 5) is 21.6. The summed E-state index contributed by atoms with van der Waals surface area (Å²) in [6.45, 7) is 4.12. The Labute approximate surface area is 144 Å². The third-order valence-corrected chi connectivity index (χ3v) is 4.13. The highest BCUT2D eigenvalue weighted by Gasteiger charge is 2.23. The number of nitrogens with zero attached hydrogens (tertiary/aromatic N) is 1. The Morgan fingerprint density at radius 1 is 1.32 bits per heavy atom. The van der Waals surface area contributed by atoms with Gasteiger partial charge in [-0.25, -0.2) is 14.3 Å². The van der Waals surface area contributed by atoms with Crippen molar-refractivity contribution in [3.8, 4) is 0 Å². The normalized spacial score (nSPS) is 13.6. The summed E-state index contributed by atoms with van der Waals surface area (Å²) in [6, 6.07) is 3.87. The summed E-state index contributed by atoms with van der Waals surface area (Å²) in [6.07, 6.45) is 3.65. The first kappa shape index (κ1) is 17.3. The van der Waals surface area contributed by atoms with E-state index in [1.807, 2.05) is 13.8 Å². The number of nitrogens with one attached hydrogen (secondary N) is 2. The lowest BCUT2D eigenvalue weighted by molar-refractivity contribution is 0.0270. The summed E-state index contributed by atoms with van der Waals surface area (Å²) < 4.78 is 27.9. The van der Waals surface area contributed by atoms with Crippen molar-refractivity contribution in [1.82, 2.24) is 10.5 Å². The first-order valence-corrected chi connectivity index (χ1v) is 8.06. The van der Waals surface area contributed by atoms with E-state index in [9.17, 15) is 13.6 Å². The molecule has 1 aliphatic carbocycles. The molecule has 1 fully saturated rings. The molecule has 7 heteroatoms. The van der Waals surface area contributed by atoms with E-state index in [4.69, 9.17) is 4.84 Å². The van der Waals surface area contributed by atoms with E-state index >= 15 is 0 Å². The van der Waals surface area contributed by atoms with E-state index < -0.39 is 17.5 Å². The van der Waals surface area contributed by atoms with E-state index in [0.29, 0.717) is 18.2 Å². The van der Waals surface area contributed by atoms with Crippen LogP contribution in [0.15, 0.2) is 24.4 Å². The molecule has 0 spiro atoms. The predicted molar refractivity (Wildman–Crippen MR) is 89.5 cm³/mol. The van der Waals surface area contributed by atoms with Crippen molar-refractivity contribution in [1.29, 1.82) is 0 Å². The molecule has 25 heavy (non-hydrogen) atoms. The van der Waals surface area contributed by atoms with Crippen LogP contribution in [0.3, 0.4) is 0 Å². The van der Waals surface area contributed by atoms with E-state index in [1.54, 1.807) is 6.07 Å². The minimum absolute atomic E-state index is 0.0482. The quantitative estimate of drug-likeness (QED) is 0.781. The Morgan fingerprint density at radius 3 is 2.76 bits per heavy atom. The van der Waals surface area contributed by atoms with Gasteiger partial charge in [0.15, 0.2) is 11.6 Å². The van der Waals surface area contributed by atoms with Crippen molar-refractivity contribution < 1.29 is 18.4 Å². The molecular weight excluding hydrogens is 328 g/mol. The van der Waals surface area contributed by atoms with Crippen LogP contribution in [0.2, 0.25) is 0 Å². The van der Waals surface area contributed by atoms with Crippen molar-refractivity contribution in [3.05, 3.63) is 52.9 Å². The Kier molecular flexibility index (Phi) is 4.94. The van der Waals surface area contributed by atoms with Crippen LogP contribution in [0, 0.1) is 31.4 Å². The Bertz CT molecular complexity index is 807. The lowest BCUT2D eigenvalue weighted by Gasteiger charge is -2.14. The van der Waals surface area contributed by atoms with E-state index in [-0.39, 0.29) is 11.3 Å². The summed E-state index contributed by atoms with van der Waals surface area (Å²) in [5, 5.41) is 2.75. The standard InChI is InChI=1S/C18H19F2N3O2/c1-10-7-13(8-21-11(10)2)22-17-14(5-6-15(19)16(17)20)18(24)23-25-9-12-3-4-12/h5-8,12,22H,3-4,9H2,1-2H3,(H,23,24). The average Bonchev–Trinajstić information content (AvgIpc) is 3.39.